The molecular formula is C18H29NO2. The number of hydrogen-bond donors (Lipinski definition) is 1. The summed E-state index contributed by atoms with van der Waals surface area (Å²) in [5.74, 6) is 1.52. The molecule has 0 amide bonds. The van der Waals surface area contributed by atoms with Gasteiger partial charge in [-0.1, -0.05) is 38.0 Å². The molecule has 0 heterocycles. The van der Waals surface area contributed by atoms with Crippen molar-refractivity contribution in [2.45, 2.75) is 51.7 Å². The molecule has 2 rings (SSSR count). The maximum atomic E-state index is 10.6. The van der Waals surface area contributed by atoms with Crippen LogP contribution in [0.4, 0.5) is 0 Å². The first-order valence-corrected chi connectivity index (χ1v) is 8.23. The first kappa shape index (κ1) is 16.3. The Hall–Kier alpha value is -1.06. The normalized spacial score (nSPS) is 24.0. The monoisotopic (exact) mass is 291 g/mol. The number of rotatable bonds is 6. The van der Waals surface area contributed by atoms with E-state index in [1.165, 1.54) is 25.7 Å². The summed E-state index contributed by atoms with van der Waals surface area (Å²) in [6, 6.07) is 8.41. The summed E-state index contributed by atoms with van der Waals surface area (Å²) >= 11 is 0. The molecule has 1 N–H and O–H groups in total. The van der Waals surface area contributed by atoms with Crippen LogP contribution in [0, 0.1) is 5.92 Å². The summed E-state index contributed by atoms with van der Waals surface area (Å²) in [5.41, 5.74) is 0.898. The first-order valence-electron chi connectivity index (χ1n) is 8.23. The number of ether oxygens (including phenoxy) is 1. The molecule has 1 aliphatic rings. The van der Waals surface area contributed by atoms with Crippen molar-refractivity contribution in [2.75, 3.05) is 20.2 Å². The molecule has 118 valence electrons. The zero-order chi connectivity index (χ0) is 15.2. The third-order valence-electron chi connectivity index (χ3n) is 4.67. The molecule has 0 spiro atoms. The number of nitrogens with zero attached hydrogens (tertiary/aromatic N) is 1. The van der Waals surface area contributed by atoms with Crippen molar-refractivity contribution in [3.05, 3.63) is 29.8 Å². The average molecular weight is 291 g/mol. The van der Waals surface area contributed by atoms with Crippen LogP contribution in [0.15, 0.2) is 24.3 Å². The summed E-state index contributed by atoms with van der Waals surface area (Å²) in [4.78, 5) is 2.33. The highest BCUT2D eigenvalue weighted by Gasteiger charge is 2.26. The van der Waals surface area contributed by atoms with Crippen LogP contribution in [-0.4, -0.2) is 36.2 Å². The predicted molar refractivity (Wildman–Crippen MR) is 86.6 cm³/mol. The van der Waals surface area contributed by atoms with Crippen LogP contribution >= 0.6 is 0 Å². The van der Waals surface area contributed by atoms with E-state index >= 15 is 0 Å². The van der Waals surface area contributed by atoms with Crippen LogP contribution in [0.5, 0.6) is 5.75 Å². The smallest absolute Gasteiger partial charge is 0.125 e. The minimum atomic E-state index is -0.494. The number of benzene rings is 1. The third-order valence-corrected chi connectivity index (χ3v) is 4.67. The first-order chi connectivity index (χ1) is 10.1. The van der Waals surface area contributed by atoms with Crippen LogP contribution in [0.3, 0.4) is 0 Å². The minimum Gasteiger partial charge on any atom is -0.493 e. The molecule has 3 atom stereocenters. The van der Waals surface area contributed by atoms with Crippen molar-refractivity contribution in [1.29, 1.82) is 0 Å². The fourth-order valence-electron chi connectivity index (χ4n) is 3.50. The molecule has 1 aromatic rings. The quantitative estimate of drug-likeness (QED) is 0.868. The average Bonchev–Trinajstić information content (AvgIpc) is 2.48. The molecule has 0 aliphatic heterocycles. The molecule has 21 heavy (non-hydrogen) atoms. The lowest BCUT2D eigenvalue weighted by molar-refractivity contribution is 0.0695. The summed E-state index contributed by atoms with van der Waals surface area (Å²) in [6.07, 6.45) is 4.72. The lowest BCUT2D eigenvalue weighted by Gasteiger charge is -2.37. The van der Waals surface area contributed by atoms with E-state index in [9.17, 15) is 5.11 Å². The Morgan fingerprint density at radius 3 is 2.71 bits per heavy atom. The second-order valence-corrected chi connectivity index (χ2v) is 6.26. The number of aliphatic hydroxyl groups is 1. The van der Waals surface area contributed by atoms with E-state index < -0.39 is 6.10 Å². The van der Waals surface area contributed by atoms with Crippen molar-refractivity contribution in [1.82, 2.24) is 4.90 Å². The Bertz CT molecular complexity index is 435. The van der Waals surface area contributed by atoms with Gasteiger partial charge in [-0.15, -0.1) is 0 Å². The van der Waals surface area contributed by atoms with Gasteiger partial charge in [0.05, 0.1) is 12.7 Å². The van der Waals surface area contributed by atoms with Crippen LogP contribution < -0.4 is 4.74 Å². The van der Waals surface area contributed by atoms with Gasteiger partial charge in [0.1, 0.15) is 5.75 Å². The van der Waals surface area contributed by atoms with E-state index in [-0.39, 0.29) is 0 Å². The highest BCUT2D eigenvalue weighted by Crippen LogP contribution is 2.30. The van der Waals surface area contributed by atoms with Gasteiger partial charge in [0.25, 0.3) is 0 Å². The van der Waals surface area contributed by atoms with E-state index in [1.807, 2.05) is 31.2 Å². The Balaban J connectivity index is 2.01. The zero-order valence-corrected chi connectivity index (χ0v) is 13.6. The zero-order valence-electron chi connectivity index (χ0n) is 13.6. The number of likely N-dealkylation sites (N-methyl/N-ethyl adjacent to an activating group) is 1. The molecule has 1 fully saturated rings. The van der Waals surface area contributed by atoms with Crippen LogP contribution in [0.1, 0.15) is 51.2 Å². The third kappa shape index (κ3) is 4.21. The summed E-state index contributed by atoms with van der Waals surface area (Å²) in [6.45, 7) is 5.60. The van der Waals surface area contributed by atoms with Gasteiger partial charge >= 0.3 is 0 Å². The summed E-state index contributed by atoms with van der Waals surface area (Å²) < 4.78 is 5.63. The fraction of sp³-hybridized carbons (Fsp3) is 0.667. The standard InChI is InChI=1S/C18H29NO2/c1-4-21-18-12-8-6-10-15(18)17(20)13-19(3)16-11-7-5-9-14(16)2/h6,8,10,12,14,16-17,20H,4-5,7,9,11,13H2,1-3H3. The van der Waals surface area contributed by atoms with Crippen molar-refractivity contribution >= 4 is 0 Å². The Morgan fingerprint density at radius 1 is 1.29 bits per heavy atom. The van der Waals surface area contributed by atoms with Crippen LogP contribution in [-0.2, 0) is 0 Å². The van der Waals surface area contributed by atoms with E-state index in [4.69, 9.17) is 4.74 Å². The molecule has 0 aromatic heterocycles. The van der Waals surface area contributed by atoms with Crippen molar-refractivity contribution in [2.24, 2.45) is 5.92 Å². The molecule has 0 radical (unpaired) electrons. The van der Waals surface area contributed by atoms with E-state index in [0.717, 1.165) is 17.2 Å². The van der Waals surface area contributed by atoms with Gasteiger partial charge < -0.3 is 14.7 Å². The highest BCUT2D eigenvalue weighted by atomic mass is 16.5. The number of para-hydroxylation sites is 1. The van der Waals surface area contributed by atoms with Gasteiger partial charge in [-0.25, -0.2) is 0 Å². The van der Waals surface area contributed by atoms with Crippen LogP contribution in [0.25, 0.3) is 0 Å². The van der Waals surface area contributed by atoms with Gasteiger partial charge in [-0.2, -0.15) is 0 Å². The summed E-state index contributed by atoms with van der Waals surface area (Å²) in [5, 5.41) is 10.6. The predicted octanol–water partition coefficient (Wildman–Crippen LogP) is 3.63. The maximum Gasteiger partial charge on any atom is 0.125 e. The van der Waals surface area contributed by atoms with Crippen molar-refractivity contribution in [3.63, 3.8) is 0 Å². The van der Waals surface area contributed by atoms with Gasteiger partial charge in [-0.05, 0) is 38.8 Å². The molecule has 3 heteroatoms. The molecule has 1 aromatic carbocycles. The molecule has 1 saturated carbocycles. The Labute approximate surface area is 128 Å². The molecule has 3 nitrogen and oxygen atoms in total. The van der Waals surface area contributed by atoms with Crippen molar-refractivity contribution < 1.29 is 9.84 Å². The molecule has 0 saturated heterocycles. The van der Waals surface area contributed by atoms with Crippen LogP contribution in [0.2, 0.25) is 0 Å². The second-order valence-electron chi connectivity index (χ2n) is 6.26. The second kappa shape index (κ2) is 7.81. The fourth-order valence-corrected chi connectivity index (χ4v) is 3.50. The van der Waals surface area contributed by atoms with E-state index in [2.05, 4.69) is 18.9 Å². The molecule has 0 bridgehead atoms. The number of aliphatic hydroxyl groups excluding tert-OH is 1. The summed E-state index contributed by atoms with van der Waals surface area (Å²) in [7, 11) is 2.14. The minimum absolute atomic E-state index is 0.494. The Kier molecular flexibility index (Phi) is 6.07. The van der Waals surface area contributed by atoms with Gasteiger partial charge in [0.15, 0.2) is 0 Å². The molecule has 3 unspecified atom stereocenters. The molecular weight excluding hydrogens is 262 g/mol. The maximum absolute atomic E-state index is 10.6. The van der Waals surface area contributed by atoms with E-state index in [0.29, 0.717) is 19.2 Å². The largest absolute Gasteiger partial charge is 0.493 e. The highest BCUT2D eigenvalue weighted by molar-refractivity contribution is 5.35. The van der Waals surface area contributed by atoms with Gasteiger partial charge in [-0.3, -0.25) is 0 Å². The topological polar surface area (TPSA) is 32.7 Å². The van der Waals surface area contributed by atoms with Crippen molar-refractivity contribution in [3.8, 4) is 5.75 Å². The van der Waals surface area contributed by atoms with Gasteiger partial charge in [0.2, 0.25) is 0 Å². The Morgan fingerprint density at radius 2 is 2.00 bits per heavy atom. The lowest BCUT2D eigenvalue weighted by Crippen LogP contribution is -2.41. The SMILES string of the molecule is CCOc1ccccc1C(O)CN(C)C1CCCCC1C. The van der Waals surface area contributed by atoms with E-state index in [1.54, 1.807) is 0 Å². The lowest BCUT2D eigenvalue weighted by atomic mass is 9.85. The van der Waals surface area contributed by atoms with Gasteiger partial charge in [0, 0.05) is 18.2 Å². The number of hydrogen-bond acceptors (Lipinski definition) is 3. The molecule has 1 aliphatic carbocycles.